The largest absolute Gasteiger partial charge is 0.445 e. The van der Waals surface area contributed by atoms with Crippen molar-refractivity contribution in [3.8, 4) is 0 Å². The third kappa shape index (κ3) is 7.30. The minimum Gasteiger partial charge on any atom is -0.445 e. The molecule has 0 aromatic heterocycles. The van der Waals surface area contributed by atoms with Gasteiger partial charge < -0.3 is 15.4 Å². The third-order valence-corrected chi connectivity index (χ3v) is 5.06. The average Bonchev–Trinajstić information content (AvgIpc) is 2.82. The first-order chi connectivity index (χ1) is 15.1. The van der Waals surface area contributed by atoms with E-state index in [1.54, 1.807) is 0 Å². The second-order valence-corrected chi connectivity index (χ2v) is 7.51. The second kappa shape index (κ2) is 11.6. The van der Waals surface area contributed by atoms with Crippen molar-refractivity contribution < 1.29 is 14.3 Å². The van der Waals surface area contributed by atoms with Crippen molar-refractivity contribution >= 4 is 12.0 Å². The molecule has 2 amide bonds. The maximum atomic E-state index is 12.9. The summed E-state index contributed by atoms with van der Waals surface area (Å²) in [4.78, 5) is 25.3. The number of alkyl carbamates (subject to hydrolysis) is 1. The van der Waals surface area contributed by atoms with Gasteiger partial charge in [-0.15, -0.1) is 0 Å². The smallest absolute Gasteiger partial charge is 0.408 e. The standard InChI is InChI=1S/C26H28N2O3/c1-20(23-15-9-4-10-16-23)18-27-25(29)24(17-21-11-5-2-6-12-21)28-26(30)31-19-22-13-7-3-8-14-22/h2-16,20,24H,17-19H2,1H3,(H,27,29)(H,28,30)/t20?,24-/m0/s1. The summed E-state index contributed by atoms with van der Waals surface area (Å²) in [5.74, 6) is -0.0733. The van der Waals surface area contributed by atoms with E-state index in [2.05, 4.69) is 17.6 Å². The number of ether oxygens (including phenoxy) is 1. The van der Waals surface area contributed by atoms with Crippen molar-refractivity contribution in [2.45, 2.75) is 31.9 Å². The van der Waals surface area contributed by atoms with E-state index in [9.17, 15) is 9.59 Å². The molecule has 160 valence electrons. The SMILES string of the molecule is CC(CNC(=O)[C@H](Cc1ccccc1)NC(=O)OCc1ccccc1)c1ccccc1. The maximum Gasteiger partial charge on any atom is 0.408 e. The van der Waals surface area contributed by atoms with Crippen LogP contribution in [-0.4, -0.2) is 24.6 Å². The Labute approximate surface area is 183 Å². The van der Waals surface area contributed by atoms with E-state index in [1.807, 2.05) is 91.0 Å². The van der Waals surface area contributed by atoms with Gasteiger partial charge in [0, 0.05) is 13.0 Å². The molecule has 0 radical (unpaired) electrons. The fourth-order valence-corrected chi connectivity index (χ4v) is 3.24. The lowest BCUT2D eigenvalue weighted by Gasteiger charge is -2.20. The van der Waals surface area contributed by atoms with Gasteiger partial charge >= 0.3 is 6.09 Å². The molecule has 1 unspecified atom stereocenters. The van der Waals surface area contributed by atoms with E-state index >= 15 is 0 Å². The van der Waals surface area contributed by atoms with E-state index in [0.29, 0.717) is 13.0 Å². The van der Waals surface area contributed by atoms with Crippen LogP contribution in [0.4, 0.5) is 4.79 Å². The normalized spacial score (nSPS) is 12.4. The highest BCUT2D eigenvalue weighted by Crippen LogP contribution is 2.13. The summed E-state index contributed by atoms with van der Waals surface area (Å²) in [6.07, 6.45) is -0.233. The molecular weight excluding hydrogens is 388 g/mol. The highest BCUT2D eigenvalue weighted by Gasteiger charge is 2.22. The Morgan fingerprint density at radius 2 is 1.35 bits per heavy atom. The number of amides is 2. The molecule has 3 aromatic carbocycles. The molecule has 5 nitrogen and oxygen atoms in total. The summed E-state index contributed by atoms with van der Waals surface area (Å²) in [5.41, 5.74) is 3.00. The van der Waals surface area contributed by atoms with Crippen LogP contribution in [0.15, 0.2) is 91.0 Å². The summed E-state index contributed by atoms with van der Waals surface area (Å²) >= 11 is 0. The number of nitrogens with one attached hydrogen (secondary N) is 2. The average molecular weight is 417 g/mol. The number of carbonyl (C=O) groups excluding carboxylic acids is 2. The van der Waals surface area contributed by atoms with Crippen LogP contribution < -0.4 is 10.6 Å². The van der Waals surface area contributed by atoms with Gasteiger partial charge in [0.25, 0.3) is 0 Å². The summed E-state index contributed by atoms with van der Waals surface area (Å²) in [5, 5.41) is 5.70. The highest BCUT2D eigenvalue weighted by molar-refractivity contribution is 5.86. The van der Waals surface area contributed by atoms with Gasteiger partial charge in [-0.2, -0.15) is 0 Å². The lowest BCUT2D eigenvalue weighted by atomic mass is 10.0. The van der Waals surface area contributed by atoms with Crippen molar-refractivity contribution in [3.05, 3.63) is 108 Å². The van der Waals surface area contributed by atoms with Crippen LogP contribution in [-0.2, 0) is 22.6 Å². The Morgan fingerprint density at radius 1 is 0.806 bits per heavy atom. The Morgan fingerprint density at radius 3 is 1.97 bits per heavy atom. The van der Waals surface area contributed by atoms with Gasteiger partial charge in [-0.25, -0.2) is 4.79 Å². The molecule has 0 aliphatic rings. The van der Waals surface area contributed by atoms with Crippen molar-refractivity contribution in [3.63, 3.8) is 0 Å². The predicted molar refractivity (Wildman–Crippen MR) is 122 cm³/mol. The van der Waals surface area contributed by atoms with Gasteiger partial charge in [-0.3, -0.25) is 4.79 Å². The monoisotopic (exact) mass is 416 g/mol. The predicted octanol–water partition coefficient (Wildman–Crippen LogP) is 4.44. The van der Waals surface area contributed by atoms with Gasteiger partial charge in [-0.05, 0) is 22.6 Å². The van der Waals surface area contributed by atoms with Crippen LogP contribution in [0.25, 0.3) is 0 Å². The third-order valence-electron chi connectivity index (χ3n) is 5.06. The number of rotatable bonds is 9. The van der Waals surface area contributed by atoms with Crippen molar-refractivity contribution in [2.75, 3.05) is 6.54 Å². The Hall–Kier alpha value is -3.60. The van der Waals surface area contributed by atoms with E-state index < -0.39 is 12.1 Å². The quantitative estimate of drug-likeness (QED) is 0.542. The fourth-order valence-electron chi connectivity index (χ4n) is 3.24. The maximum absolute atomic E-state index is 12.9. The van der Waals surface area contributed by atoms with Crippen LogP contribution in [0.3, 0.4) is 0 Å². The minimum atomic E-state index is -0.728. The Kier molecular flexibility index (Phi) is 8.23. The van der Waals surface area contributed by atoms with Crippen LogP contribution in [0.5, 0.6) is 0 Å². The van der Waals surface area contributed by atoms with E-state index in [1.165, 1.54) is 0 Å². The van der Waals surface area contributed by atoms with Crippen molar-refractivity contribution in [1.82, 2.24) is 10.6 Å². The zero-order valence-electron chi connectivity index (χ0n) is 17.7. The van der Waals surface area contributed by atoms with Crippen LogP contribution in [0.1, 0.15) is 29.5 Å². The molecule has 2 N–H and O–H groups in total. The Bertz CT molecular complexity index is 946. The molecule has 0 bridgehead atoms. The highest BCUT2D eigenvalue weighted by atomic mass is 16.5. The van der Waals surface area contributed by atoms with E-state index in [0.717, 1.165) is 16.7 Å². The van der Waals surface area contributed by atoms with Crippen molar-refractivity contribution in [2.24, 2.45) is 0 Å². The summed E-state index contributed by atoms with van der Waals surface area (Å²) < 4.78 is 5.31. The molecular formula is C26H28N2O3. The topological polar surface area (TPSA) is 67.4 Å². The van der Waals surface area contributed by atoms with E-state index in [-0.39, 0.29) is 18.4 Å². The lowest BCUT2D eigenvalue weighted by Crippen LogP contribution is -2.48. The molecule has 0 fully saturated rings. The van der Waals surface area contributed by atoms with Gasteiger partial charge in [-0.1, -0.05) is 97.9 Å². The molecule has 3 aromatic rings. The zero-order valence-corrected chi connectivity index (χ0v) is 17.7. The first kappa shape index (κ1) is 22.1. The summed E-state index contributed by atoms with van der Waals surface area (Å²) in [7, 11) is 0. The zero-order chi connectivity index (χ0) is 21.9. The second-order valence-electron chi connectivity index (χ2n) is 7.51. The number of hydrogen-bond acceptors (Lipinski definition) is 3. The first-order valence-electron chi connectivity index (χ1n) is 10.5. The molecule has 0 heterocycles. The summed E-state index contributed by atoms with van der Waals surface area (Å²) in [6, 6.07) is 28.3. The van der Waals surface area contributed by atoms with Gasteiger partial charge in [0.2, 0.25) is 5.91 Å². The molecule has 5 heteroatoms. The minimum absolute atomic E-state index is 0.150. The molecule has 31 heavy (non-hydrogen) atoms. The number of benzene rings is 3. The molecule has 0 saturated heterocycles. The van der Waals surface area contributed by atoms with Gasteiger partial charge in [0.1, 0.15) is 12.6 Å². The van der Waals surface area contributed by atoms with Crippen LogP contribution >= 0.6 is 0 Å². The number of hydrogen-bond donors (Lipinski definition) is 2. The molecule has 3 rings (SSSR count). The number of carbonyl (C=O) groups is 2. The molecule has 0 spiro atoms. The molecule has 2 atom stereocenters. The fraction of sp³-hybridized carbons (Fsp3) is 0.231. The van der Waals surface area contributed by atoms with Crippen LogP contribution in [0.2, 0.25) is 0 Å². The lowest BCUT2D eigenvalue weighted by molar-refractivity contribution is -0.123. The first-order valence-corrected chi connectivity index (χ1v) is 10.5. The van der Waals surface area contributed by atoms with Crippen molar-refractivity contribution in [1.29, 1.82) is 0 Å². The molecule has 0 aliphatic carbocycles. The molecule has 0 aliphatic heterocycles. The van der Waals surface area contributed by atoms with Gasteiger partial charge in [0.15, 0.2) is 0 Å². The van der Waals surface area contributed by atoms with Gasteiger partial charge in [0.05, 0.1) is 0 Å². The summed E-state index contributed by atoms with van der Waals surface area (Å²) in [6.45, 7) is 2.69. The van der Waals surface area contributed by atoms with Crippen LogP contribution in [0, 0.1) is 0 Å². The Balaban J connectivity index is 1.59. The molecule has 0 saturated carbocycles. The van der Waals surface area contributed by atoms with E-state index in [4.69, 9.17) is 4.74 Å².